The Kier molecular flexibility index (Phi) is 5.23. The number of pyridine rings is 1. The smallest absolute Gasteiger partial charge is 0.389 e. The molecular weight excluding hydrogens is 415 g/mol. The molecule has 0 amide bonds. The number of fused-ring (bicyclic) bond motifs is 2. The lowest BCUT2D eigenvalue weighted by molar-refractivity contribution is -0.136. The van der Waals surface area contributed by atoms with E-state index in [9.17, 15) is 13.2 Å². The highest BCUT2D eigenvalue weighted by Gasteiger charge is 2.48. The molecule has 2 aliphatic rings. The standard InChI is InChI=1S/C17H19BrF3N3S/c18-12-6-11(9-23-10-12)16(15(22)25)7-13-2-3-14(8-16)24(13)5-1-4-17(19,20)21/h2-3,6,9-10,13-14H,1,4-5,7-8H2,(H2,22,25)/t13-,14-/m1/s1. The van der Waals surface area contributed by atoms with E-state index in [0.29, 0.717) is 24.4 Å². The van der Waals surface area contributed by atoms with E-state index in [0.717, 1.165) is 10.0 Å². The van der Waals surface area contributed by atoms with Gasteiger partial charge in [0, 0.05) is 35.4 Å². The Balaban J connectivity index is 1.78. The van der Waals surface area contributed by atoms with Gasteiger partial charge in [0.2, 0.25) is 0 Å². The molecule has 136 valence electrons. The predicted octanol–water partition coefficient (Wildman–Crippen LogP) is 4.11. The number of hydrogen-bond donors (Lipinski definition) is 1. The van der Waals surface area contributed by atoms with Crippen LogP contribution in [0.5, 0.6) is 0 Å². The maximum absolute atomic E-state index is 12.4. The molecule has 1 aromatic rings. The fourth-order valence-corrected chi connectivity index (χ4v) is 4.59. The van der Waals surface area contributed by atoms with Gasteiger partial charge in [-0.1, -0.05) is 24.4 Å². The summed E-state index contributed by atoms with van der Waals surface area (Å²) in [5, 5.41) is 0. The number of thiocarbonyl (C=S) groups is 1. The Labute approximate surface area is 158 Å². The Bertz CT molecular complexity index is 676. The van der Waals surface area contributed by atoms with Crippen molar-refractivity contribution in [1.82, 2.24) is 9.88 Å². The zero-order valence-electron chi connectivity index (χ0n) is 13.5. The van der Waals surface area contributed by atoms with Gasteiger partial charge in [-0.2, -0.15) is 13.2 Å². The molecule has 1 fully saturated rings. The quantitative estimate of drug-likeness (QED) is 0.560. The van der Waals surface area contributed by atoms with Crippen molar-refractivity contribution in [2.24, 2.45) is 5.73 Å². The number of halogens is 4. The van der Waals surface area contributed by atoms with E-state index < -0.39 is 18.0 Å². The van der Waals surface area contributed by atoms with Crippen LogP contribution in [-0.2, 0) is 5.41 Å². The third-order valence-electron chi connectivity index (χ3n) is 5.13. The largest absolute Gasteiger partial charge is 0.393 e. The summed E-state index contributed by atoms with van der Waals surface area (Å²) in [7, 11) is 0. The summed E-state index contributed by atoms with van der Waals surface area (Å²) in [6.07, 6.45) is 4.22. The topological polar surface area (TPSA) is 42.1 Å². The molecule has 25 heavy (non-hydrogen) atoms. The van der Waals surface area contributed by atoms with Crippen molar-refractivity contribution in [1.29, 1.82) is 0 Å². The van der Waals surface area contributed by atoms with Gasteiger partial charge < -0.3 is 5.73 Å². The van der Waals surface area contributed by atoms with Gasteiger partial charge in [-0.3, -0.25) is 9.88 Å². The van der Waals surface area contributed by atoms with Crippen molar-refractivity contribution in [2.75, 3.05) is 6.54 Å². The van der Waals surface area contributed by atoms with Crippen LogP contribution in [0.4, 0.5) is 13.2 Å². The van der Waals surface area contributed by atoms with Crippen molar-refractivity contribution in [3.05, 3.63) is 40.6 Å². The maximum atomic E-state index is 12.4. The minimum Gasteiger partial charge on any atom is -0.393 e. The summed E-state index contributed by atoms with van der Waals surface area (Å²) in [4.78, 5) is 6.78. The van der Waals surface area contributed by atoms with Crippen molar-refractivity contribution >= 4 is 33.1 Å². The van der Waals surface area contributed by atoms with Crippen molar-refractivity contribution < 1.29 is 13.2 Å². The van der Waals surface area contributed by atoms with Gasteiger partial charge in [-0.05, 0) is 53.4 Å². The molecule has 8 heteroatoms. The van der Waals surface area contributed by atoms with Gasteiger partial charge in [-0.15, -0.1) is 0 Å². The van der Waals surface area contributed by atoms with E-state index in [1.54, 1.807) is 12.4 Å². The van der Waals surface area contributed by atoms with Gasteiger partial charge in [0.1, 0.15) is 0 Å². The molecule has 3 heterocycles. The zero-order chi connectivity index (χ0) is 18.2. The summed E-state index contributed by atoms with van der Waals surface area (Å²) in [6, 6.07) is 2.07. The lowest BCUT2D eigenvalue weighted by Gasteiger charge is -2.46. The second-order valence-electron chi connectivity index (χ2n) is 6.72. The Hall–Kier alpha value is -0.990. The summed E-state index contributed by atoms with van der Waals surface area (Å²) in [5.41, 5.74) is 6.61. The molecular formula is C17H19BrF3N3S. The van der Waals surface area contributed by atoms with E-state index >= 15 is 0 Å². The maximum Gasteiger partial charge on any atom is 0.389 e. The van der Waals surface area contributed by atoms with Crippen LogP contribution in [0.3, 0.4) is 0 Å². The van der Waals surface area contributed by atoms with E-state index in [4.69, 9.17) is 18.0 Å². The first kappa shape index (κ1) is 18.8. The van der Waals surface area contributed by atoms with Crippen molar-refractivity contribution in [3.8, 4) is 0 Å². The second kappa shape index (κ2) is 6.96. The number of piperidine rings is 1. The average molecular weight is 434 g/mol. The molecule has 2 N–H and O–H groups in total. The molecule has 0 unspecified atom stereocenters. The van der Waals surface area contributed by atoms with E-state index in [1.165, 1.54) is 0 Å². The monoisotopic (exact) mass is 433 g/mol. The minimum atomic E-state index is -4.10. The summed E-state index contributed by atoms with van der Waals surface area (Å²) in [6.45, 7) is 0.423. The van der Waals surface area contributed by atoms with Crippen LogP contribution >= 0.6 is 28.1 Å². The van der Waals surface area contributed by atoms with E-state index in [2.05, 4.69) is 38.0 Å². The molecule has 0 saturated carbocycles. The summed E-state index contributed by atoms with van der Waals surface area (Å²) in [5.74, 6) is 0. The first-order valence-corrected chi connectivity index (χ1v) is 9.33. The van der Waals surface area contributed by atoms with Crippen LogP contribution in [0.25, 0.3) is 0 Å². The van der Waals surface area contributed by atoms with Gasteiger partial charge in [-0.25, -0.2) is 0 Å². The highest BCUT2D eigenvalue weighted by atomic mass is 79.9. The third kappa shape index (κ3) is 3.90. The zero-order valence-corrected chi connectivity index (χ0v) is 15.9. The highest BCUT2D eigenvalue weighted by molar-refractivity contribution is 9.10. The molecule has 3 rings (SSSR count). The van der Waals surface area contributed by atoms with Crippen LogP contribution < -0.4 is 5.73 Å². The van der Waals surface area contributed by atoms with Crippen LogP contribution in [-0.4, -0.2) is 39.7 Å². The van der Waals surface area contributed by atoms with Crippen molar-refractivity contribution in [3.63, 3.8) is 0 Å². The van der Waals surface area contributed by atoms with Crippen LogP contribution in [0.2, 0.25) is 0 Å². The first-order chi connectivity index (χ1) is 11.7. The Morgan fingerprint density at radius 2 is 1.96 bits per heavy atom. The SMILES string of the molecule is NC(=S)C1(c2cncc(Br)c2)C[C@H]2C=C[C@H](C1)N2CCCC(F)(F)F. The fraction of sp³-hybridized carbons (Fsp3) is 0.529. The Morgan fingerprint density at radius 3 is 2.48 bits per heavy atom. The highest BCUT2D eigenvalue weighted by Crippen LogP contribution is 2.45. The molecule has 3 nitrogen and oxygen atoms in total. The fourth-order valence-electron chi connectivity index (χ4n) is 3.94. The molecule has 0 spiro atoms. The molecule has 0 radical (unpaired) electrons. The van der Waals surface area contributed by atoms with E-state index in [1.807, 2.05) is 6.07 Å². The summed E-state index contributed by atoms with van der Waals surface area (Å²) < 4.78 is 38.1. The molecule has 2 atom stereocenters. The average Bonchev–Trinajstić information content (AvgIpc) is 2.76. The molecule has 0 aliphatic carbocycles. The van der Waals surface area contributed by atoms with Gasteiger partial charge in [0.05, 0.1) is 10.4 Å². The number of nitrogens with zero attached hydrogens (tertiary/aromatic N) is 2. The lowest BCUT2D eigenvalue weighted by Crippen LogP contribution is -2.55. The minimum absolute atomic E-state index is 0.0486. The lowest BCUT2D eigenvalue weighted by atomic mass is 9.70. The number of nitrogens with two attached hydrogens (primary N) is 1. The van der Waals surface area contributed by atoms with Crippen molar-refractivity contribution in [2.45, 2.75) is 49.4 Å². The molecule has 1 aromatic heterocycles. The normalized spacial score (nSPS) is 29.1. The van der Waals surface area contributed by atoms with Gasteiger partial charge in [0.25, 0.3) is 0 Å². The predicted molar refractivity (Wildman–Crippen MR) is 98.3 cm³/mol. The van der Waals surface area contributed by atoms with Gasteiger partial charge >= 0.3 is 6.18 Å². The van der Waals surface area contributed by atoms with Crippen LogP contribution in [0.15, 0.2) is 35.1 Å². The number of rotatable bonds is 5. The van der Waals surface area contributed by atoms with Gasteiger partial charge in [0.15, 0.2) is 0 Å². The molecule has 2 aliphatic heterocycles. The Morgan fingerprint density at radius 1 is 1.32 bits per heavy atom. The molecule has 0 aromatic carbocycles. The number of aromatic nitrogens is 1. The van der Waals surface area contributed by atoms with Crippen LogP contribution in [0.1, 0.15) is 31.2 Å². The first-order valence-electron chi connectivity index (χ1n) is 8.13. The number of hydrogen-bond acceptors (Lipinski definition) is 3. The van der Waals surface area contributed by atoms with Crippen LogP contribution in [0, 0.1) is 0 Å². The molecule has 1 saturated heterocycles. The molecule has 2 bridgehead atoms. The number of alkyl halides is 3. The third-order valence-corrected chi connectivity index (χ3v) is 5.95. The second-order valence-corrected chi connectivity index (χ2v) is 8.08. The summed E-state index contributed by atoms with van der Waals surface area (Å²) >= 11 is 8.83. The van der Waals surface area contributed by atoms with E-state index in [-0.39, 0.29) is 18.5 Å².